The van der Waals surface area contributed by atoms with Gasteiger partial charge in [-0.3, -0.25) is 4.79 Å². The number of aromatic amines is 1. The minimum atomic E-state index is -0.239. The number of nitrogens with one attached hydrogen (secondary N) is 2. The summed E-state index contributed by atoms with van der Waals surface area (Å²) in [4.78, 5) is 17.9. The maximum absolute atomic E-state index is 11.4. The van der Waals surface area contributed by atoms with Gasteiger partial charge in [0.05, 0.1) is 0 Å². The number of H-pyrrole nitrogens is 1. The Kier molecular flexibility index (Phi) is 3.77. The maximum atomic E-state index is 11.4. The summed E-state index contributed by atoms with van der Waals surface area (Å²) < 4.78 is 0. The van der Waals surface area contributed by atoms with Gasteiger partial charge in [0.25, 0.3) is 5.56 Å². The van der Waals surface area contributed by atoms with Crippen LogP contribution in [0.5, 0.6) is 0 Å². The Bertz CT molecular complexity index is 536. The maximum Gasteiger partial charge on any atom is 0.291 e. The molecule has 0 aliphatic heterocycles. The van der Waals surface area contributed by atoms with Crippen molar-refractivity contribution in [1.29, 1.82) is 0 Å². The van der Waals surface area contributed by atoms with Crippen molar-refractivity contribution in [2.24, 2.45) is 0 Å². The van der Waals surface area contributed by atoms with E-state index in [2.05, 4.69) is 15.3 Å². The van der Waals surface area contributed by atoms with E-state index >= 15 is 0 Å². The minimum Gasteiger partial charge on any atom is -0.336 e. The summed E-state index contributed by atoms with van der Waals surface area (Å²) in [5, 5.41) is 2.95. The Morgan fingerprint density at radius 1 is 1.29 bits per heavy atom. The number of aryl methyl sites for hydroxylation is 1. The van der Waals surface area contributed by atoms with Gasteiger partial charge in [0.1, 0.15) is 0 Å². The number of hydrogen-bond acceptors (Lipinski definition) is 3. The van der Waals surface area contributed by atoms with Crippen LogP contribution < -0.4 is 10.9 Å². The van der Waals surface area contributed by atoms with Crippen LogP contribution in [-0.2, 0) is 6.42 Å². The highest BCUT2D eigenvalue weighted by Gasteiger charge is 2.00. The molecule has 1 aromatic carbocycles. The molecule has 0 aliphatic rings. The Hall–Kier alpha value is -1.81. The first-order chi connectivity index (χ1) is 8.29. The molecule has 4 nitrogen and oxygen atoms in total. The highest BCUT2D eigenvalue weighted by molar-refractivity contribution is 6.17. The molecule has 17 heavy (non-hydrogen) atoms. The quantitative estimate of drug-likeness (QED) is 0.818. The molecule has 0 saturated heterocycles. The fourth-order valence-electron chi connectivity index (χ4n) is 1.44. The third kappa shape index (κ3) is 3.07. The molecule has 1 aromatic heterocycles. The van der Waals surface area contributed by atoms with Gasteiger partial charge >= 0.3 is 0 Å². The zero-order valence-corrected chi connectivity index (χ0v) is 9.87. The van der Waals surface area contributed by atoms with Crippen LogP contribution in [0.15, 0.2) is 41.5 Å². The molecule has 2 N–H and O–H groups in total. The minimum absolute atomic E-state index is 0.239. The number of anilines is 2. The second-order valence-electron chi connectivity index (χ2n) is 3.53. The average Bonchev–Trinajstić information content (AvgIpc) is 2.35. The van der Waals surface area contributed by atoms with Crippen molar-refractivity contribution in [2.45, 2.75) is 6.42 Å². The Balaban J connectivity index is 2.14. The molecule has 0 saturated carbocycles. The topological polar surface area (TPSA) is 57.8 Å². The Morgan fingerprint density at radius 3 is 2.71 bits per heavy atom. The van der Waals surface area contributed by atoms with Gasteiger partial charge in [0.15, 0.2) is 5.82 Å². The van der Waals surface area contributed by atoms with Crippen molar-refractivity contribution in [2.75, 3.05) is 11.2 Å². The van der Waals surface area contributed by atoms with E-state index in [1.807, 2.05) is 24.3 Å². The van der Waals surface area contributed by atoms with Crippen LogP contribution in [0.3, 0.4) is 0 Å². The molecule has 0 bridgehead atoms. The average molecular weight is 250 g/mol. The van der Waals surface area contributed by atoms with E-state index < -0.39 is 0 Å². The van der Waals surface area contributed by atoms with Gasteiger partial charge in [-0.05, 0) is 24.1 Å². The van der Waals surface area contributed by atoms with Gasteiger partial charge in [-0.15, -0.1) is 11.6 Å². The highest BCUT2D eigenvalue weighted by atomic mass is 35.5. The lowest BCUT2D eigenvalue weighted by molar-refractivity contribution is 1.13. The molecule has 5 heteroatoms. The van der Waals surface area contributed by atoms with Gasteiger partial charge < -0.3 is 10.3 Å². The van der Waals surface area contributed by atoms with Gasteiger partial charge in [0, 0.05) is 24.0 Å². The first kappa shape index (κ1) is 11.7. The normalized spacial score (nSPS) is 10.2. The second-order valence-corrected chi connectivity index (χ2v) is 3.91. The van der Waals surface area contributed by atoms with E-state index in [0.29, 0.717) is 5.88 Å². The molecular formula is C12H12ClN3O. The molecule has 0 radical (unpaired) electrons. The molecule has 0 fully saturated rings. The van der Waals surface area contributed by atoms with Crippen LogP contribution in [0, 0.1) is 0 Å². The largest absolute Gasteiger partial charge is 0.336 e. The third-order valence-electron chi connectivity index (χ3n) is 2.31. The molecule has 2 rings (SSSR count). The van der Waals surface area contributed by atoms with Crippen LogP contribution in [0.4, 0.5) is 11.5 Å². The van der Waals surface area contributed by atoms with Gasteiger partial charge in [-0.25, -0.2) is 4.98 Å². The lowest BCUT2D eigenvalue weighted by Crippen LogP contribution is -2.12. The number of aromatic nitrogens is 2. The Labute approximate surface area is 104 Å². The van der Waals surface area contributed by atoms with Gasteiger partial charge in [-0.2, -0.15) is 0 Å². The number of alkyl halides is 1. The monoisotopic (exact) mass is 249 g/mol. The van der Waals surface area contributed by atoms with Crippen molar-refractivity contribution in [3.8, 4) is 0 Å². The van der Waals surface area contributed by atoms with E-state index in [1.54, 1.807) is 0 Å². The SMILES string of the molecule is O=c1[nH]ccnc1Nc1ccc(CCCl)cc1. The number of benzene rings is 1. The summed E-state index contributed by atoms with van der Waals surface area (Å²) in [6, 6.07) is 7.75. The van der Waals surface area contributed by atoms with Crippen LogP contribution in [0.1, 0.15) is 5.56 Å². The van der Waals surface area contributed by atoms with Crippen LogP contribution in [0.25, 0.3) is 0 Å². The number of nitrogens with zero attached hydrogens (tertiary/aromatic N) is 1. The summed E-state index contributed by atoms with van der Waals surface area (Å²) in [6.07, 6.45) is 3.87. The smallest absolute Gasteiger partial charge is 0.291 e. The summed E-state index contributed by atoms with van der Waals surface area (Å²) in [6.45, 7) is 0. The van der Waals surface area contributed by atoms with E-state index in [0.717, 1.165) is 12.1 Å². The molecule has 0 atom stereocenters. The Morgan fingerprint density at radius 2 is 2.06 bits per heavy atom. The van der Waals surface area contributed by atoms with Gasteiger partial charge in [0.2, 0.25) is 0 Å². The summed E-state index contributed by atoms with van der Waals surface area (Å²) in [5.74, 6) is 0.893. The zero-order valence-electron chi connectivity index (χ0n) is 9.11. The molecule has 0 aliphatic carbocycles. The van der Waals surface area contributed by atoms with Crippen LogP contribution in [-0.4, -0.2) is 15.8 Å². The standard InChI is InChI=1S/C12H12ClN3O/c13-6-5-9-1-3-10(4-2-9)16-11-12(17)15-8-7-14-11/h1-4,7-8H,5-6H2,(H,14,16)(H,15,17). The van der Waals surface area contributed by atoms with Crippen LogP contribution in [0.2, 0.25) is 0 Å². The third-order valence-corrected chi connectivity index (χ3v) is 2.50. The summed E-state index contributed by atoms with van der Waals surface area (Å²) in [7, 11) is 0. The number of rotatable bonds is 4. The fraction of sp³-hybridized carbons (Fsp3) is 0.167. The molecule has 0 spiro atoms. The summed E-state index contributed by atoms with van der Waals surface area (Å²) in [5.41, 5.74) is 1.75. The predicted octanol–water partition coefficient (Wildman–Crippen LogP) is 2.29. The molecule has 88 valence electrons. The molecule has 2 aromatic rings. The molecule has 0 unspecified atom stereocenters. The lowest BCUT2D eigenvalue weighted by Gasteiger charge is -2.05. The molecule has 1 heterocycles. The zero-order chi connectivity index (χ0) is 12.1. The predicted molar refractivity (Wildman–Crippen MR) is 69.0 cm³/mol. The fourth-order valence-corrected chi connectivity index (χ4v) is 1.66. The van der Waals surface area contributed by atoms with Crippen molar-refractivity contribution < 1.29 is 0 Å². The van der Waals surface area contributed by atoms with Crippen molar-refractivity contribution in [1.82, 2.24) is 9.97 Å². The van der Waals surface area contributed by atoms with Crippen molar-refractivity contribution in [3.05, 3.63) is 52.6 Å². The first-order valence-electron chi connectivity index (χ1n) is 5.25. The van der Waals surface area contributed by atoms with Crippen molar-refractivity contribution >= 4 is 23.1 Å². The lowest BCUT2D eigenvalue weighted by atomic mass is 10.1. The van der Waals surface area contributed by atoms with Crippen molar-refractivity contribution in [3.63, 3.8) is 0 Å². The summed E-state index contributed by atoms with van der Waals surface area (Å²) >= 11 is 5.66. The highest BCUT2D eigenvalue weighted by Crippen LogP contribution is 2.13. The number of halogens is 1. The van der Waals surface area contributed by atoms with E-state index in [9.17, 15) is 4.79 Å². The van der Waals surface area contributed by atoms with E-state index in [4.69, 9.17) is 11.6 Å². The van der Waals surface area contributed by atoms with E-state index in [1.165, 1.54) is 18.0 Å². The molecule has 0 amide bonds. The van der Waals surface area contributed by atoms with Gasteiger partial charge in [-0.1, -0.05) is 12.1 Å². The molecular weight excluding hydrogens is 238 g/mol. The van der Waals surface area contributed by atoms with Crippen LogP contribution >= 0.6 is 11.6 Å². The number of hydrogen-bond donors (Lipinski definition) is 2. The second kappa shape index (κ2) is 5.50. The van der Waals surface area contributed by atoms with E-state index in [-0.39, 0.29) is 11.4 Å². The first-order valence-corrected chi connectivity index (χ1v) is 5.78.